The third-order valence-electron chi connectivity index (χ3n) is 3.35. The van der Waals surface area contributed by atoms with Gasteiger partial charge in [-0.2, -0.15) is 0 Å². The molecule has 1 saturated carbocycles. The summed E-state index contributed by atoms with van der Waals surface area (Å²) >= 11 is 0. The molecule has 0 aromatic heterocycles. The number of amides is 2. The number of ether oxygens (including phenoxy) is 1. The van der Waals surface area contributed by atoms with E-state index in [-0.39, 0.29) is 24.7 Å². The highest BCUT2D eigenvalue weighted by Crippen LogP contribution is 2.44. The number of aliphatic hydroxyl groups excluding tert-OH is 1. The number of rotatable bonds is 6. The van der Waals surface area contributed by atoms with Gasteiger partial charge in [-0.1, -0.05) is 5.92 Å². The van der Waals surface area contributed by atoms with Gasteiger partial charge in [-0.05, 0) is 37.1 Å². The first-order valence-corrected chi connectivity index (χ1v) is 6.49. The van der Waals surface area contributed by atoms with Crippen LogP contribution in [0.1, 0.15) is 12.8 Å². The van der Waals surface area contributed by atoms with Gasteiger partial charge < -0.3 is 20.5 Å². The normalized spacial score (nSPS) is 15.0. The molecule has 5 nitrogen and oxygen atoms in total. The van der Waals surface area contributed by atoms with E-state index < -0.39 is 0 Å². The highest BCUT2D eigenvalue weighted by molar-refractivity contribution is 5.89. The summed E-state index contributed by atoms with van der Waals surface area (Å²) in [4.78, 5) is 11.7. The second-order valence-corrected chi connectivity index (χ2v) is 4.98. The van der Waals surface area contributed by atoms with Gasteiger partial charge in [-0.25, -0.2) is 4.79 Å². The van der Waals surface area contributed by atoms with E-state index in [4.69, 9.17) is 16.3 Å². The summed E-state index contributed by atoms with van der Waals surface area (Å²) < 4.78 is 5.24. The third-order valence-corrected chi connectivity index (χ3v) is 3.35. The van der Waals surface area contributed by atoms with Crippen LogP contribution < -0.4 is 15.4 Å². The Kier molecular flexibility index (Phi) is 4.49. The van der Waals surface area contributed by atoms with Crippen molar-refractivity contribution in [2.75, 3.05) is 25.1 Å². The molecule has 1 aromatic rings. The Bertz CT molecular complexity index is 501. The van der Waals surface area contributed by atoms with Gasteiger partial charge >= 0.3 is 6.03 Å². The molecule has 0 radical (unpaired) electrons. The van der Waals surface area contributed by atoms with E-state index in [1.54, 1.807) is 24.3 Å². The first-order chi connectivity index (χ1) is 9.67. The van der Waals surface area contributed by atoms with Gasteiger partial charge in [0, 0.05) is 17.6 Å². The van der Waals surface area contributed by atoms with Crippen LogP contribution in [0.3, 0.4) is 0 Å². The monoisotopic (exact) mass is 274 g/mol. The van der Waals surface area contributed by atoms with Crippen LogP contribution in [0.25, 0.3) is 0 Å². The molecule has 1 fully saturated rings. The predicted octanol–water partition coefficient (Wildman–Crippen LogP) is 1.59. The maximum atomic E-state index is 11.7. The Hall–Kier alpha value is -2.19. The minimum Gasteiger partial charge on any atom is -0.481 e. The fourth-order valence-electron chi connectivity index (χ4n) is 1.77. The summed E-state index contributed by atoms with van der Waals surface area (Å²) in [6, 6.07) is 6.68. The van der Waals surface area contributed by atoms with Crippen LogP contribution in [0.2, 0.25) is 0 Å². The maximum absolute atomic E-state index is 11.7. The Morgan fingerprint density at radius 1 is 1.40 bits per heavy atom. The van der Waals surface area contributed by atoms with Crippen molar-refractivity contribution in [3.8, 4) is 18.1 Å². The number of urea groups is 1. The van der Waals surface area contributed by atoms with Crippen LogP contribution in [0.4, 0.5) is 10.5 Å². The zero-order chi connectivity index (χ0) is 14.4. The molecule has 3 N–H and O–H groups in total. The van der Waals surface area contributed by atoms with E-state index >= 15 is 0 Å². The molecule has 1 aliphatic rings. The van der Waals surface area contributed by atoms with Gasteiger partial charge in [0.05, 0.1) is 6.61 Å². The molecule has 1 aliphatic carbocycles. The van der Waals surface area contributed by atoms with Crippen LogP contribution in [0.15, 0.2) is 24.3 Å². The molecule has 0 aliphatic heterocycles. The molecule has 0 unspecified atom stereocenters. The van der Waals surface area contributed by atoms with E-state index in [0.717, 1.165) is 12.8 Å². The van der Waals surface area contributed by atoms with Crippen LogP contribution in [0.5, 0.6) is 5.75 Å². The smallest absolute Gasteiger partial charge is 0.319 e. The lowest BCUT2D eigenvalue weighted by Gasteiger charge is -2.13. The van der Waals surface area contributed by atoms with Crippen LogP contribution in [-0.2, 0) is 0 Å². The fraction of sp³-hybridized carbons (Fsp3) is 0.400. The average Bonchev–Trinajstić information content (AvgIpc) is 3.25. The molecule has 2 rings (SSSR count). The van der Waals surface area contributed by atoms with Gasteiger partial charge in [-0.15, -0.1) is 6.42 Å². The summed E-state index contributed by atoms with van der Waals surface area (Å²) in [5.74, 6) is 3.04. The second-order valence-electron chi connectivity index (χ2n) is 4.98. The number of carbonyl (C=O) groups is 1. The van der Waals surface area contributed by atoms with Crippen molar-refractivity contribution in [2.24, 2.45) is 5.41 Å². The minimum atomic E-state index is -0.276. The number of anilines is 1. The molecule has 0 atom stereocenters. The summed E-state index contributed by atoms with van der Waals surface area (Å²) in [5.41, 5.74) is 0.578. The summed E-state index contributed by atoms with van der Waals surface area (Å²) in [6.07, 6.45) is 7.03. The van der Waals surface area contributed by atoms with Gasteiger partial charge in [0.15, 0.2) is 0 Å². The molecule has 0 saturated heterocycles. The van der Waals surface area contributed by atoms with Crippen LogP contribution in [0, 0.1) is 17.8 Å². The van der Waals surface area contributed by atoms with Crippen molar-refractivity contribution < 1.29 is 14.6 Å². The lowest BCUT2D eigenvalue weighted by atomic mass is 10.1. The summed E-state index contributed by atoms with van der Waals surface area (Å²) in [5, 5.41) is 14.6. The molecular weight excluding hydrogens is 256 g/mol. The highest BCUT2D eigenvalue weighted by atomic mass is 16.5. The number of terminal acetylenes is 1. The SMILES string of the molecule is C#CCOc1ccc(NC(=O)NCC2(CO)CC2)cc1. The maximum Gasteiger partial charge on any atom is 0.319 e. The molecule has 2 amide bonds. The molecule has 0 bridgehead atoms. The van der Waals surface area contributed by atoms with E-state index in [1.807, 2.05) is 0 Å². The van der Waals surface area contributed by atoms with E-state index in [0.29, 0.717) is 18.0 Å². The van der Waals surface area contributed by atoms with Crippen molar-refractivity contribution in [1.82, 2.24) is 5.32 Å². The lowest BCUT2D eigenvalue weighted by Crippen LogP contribution is -2.35. The van der Waals surface area contributed by atoms with Gasteiger partial charge in [0.1, 0.15) is 12.4 Å². The first kappa shape index (κ1) is 14.2. The third kappa shape index (κ3) is 3.90. The molecule has 106 valence electrons. The summed E-state index contributed by atoms with van der Waals surface area (Å²) in [7, 11) is 0. The van der Waals surface area contributed by atoms with Gasteiger partial charge in [0.2, 0.25) is 0 Å². The zero-order valence-electron chi connectivity index (χ0n) is 11.2. The topological polar surface area (TPSA) is 70.6 Å². The van der Waals surface area contributed by atoms with Crippen molar-refractivity contribution >= 4 is 11.7 Å². The Morgan fingerprint density at radius 3 is 2.65 bits per heavy atom. The number of aliphatic hydroxyl groups is 1. The number of hydrogen-bond acceptors (Lipinski definition) is 3. The van der Waals surface area contributed by atoms with E-state index in [2.05, 4.69) is 16.6 Å². The summed E-state index contributed by atoms with van der Waals surface area (Å²) in [6.45, 7) is 0.837. The van der Waals surface area contributed by atoms with E-state index in [9.17, 15) is 4.79 Å². The standard InChI is InChI=1S/C15H18N2O3/c1-2-9-20-13-5-3-12(4-6-13)17-14(19)16-10-15(11-18)7-8-15/h1,3-6,18H,7-11H2,(H2,16,17,19). The number of carbonyl (C=O) groups excluding carboxylic acids is 1. The van der Waals surface area contributed by atoms with Crippen molar-refractivity contribution in [1.29, 1.82) is 0 Å². The van der Waals surface area contributed by atoms with Crippen molar-refractivity contribution in [3.05, 3.63) is 24.3 Å². The number of hydrogen-bond donors (Lipinski definition) is 3. The quantitative estimate of drug-likeness (QED) is 0.690. The van der Waals surface area contributed by atoms with Crippen molar-refractivity contribution in [2.45, 2.75) is 12.8 Å². The molecule has 1 aromatic carbocycles. The number of benzene rings is 1. The fourth-order valence-corrected chi connectivity index (χ4v) is 1.77. The average molecular weight is 274 g/mol. The highest BCUT2D eigenvalue weighted by Gasteiger charge is 2.42. The van der Waals surface area contributed by atoms with Crippen LogP contribution >= 0.6 is 0 Å². The van der Waals surface area contributed by atoms with Gasteiger partial charge in [0.25, 0.3) is 0 Å². The first-order valence-electron chi connectivity index (χ1n) is 6.49. The largest absolute Gasteiger partial charge is 0.481 e. The van der Waals surface area contributed by atoms with E-state index in [1.165, 1.54) is 0 Å². The Labute approximate surface area is 118 Å². The predicted molar refractivity (Wildman–Crippen MR) is 76.5 cm³/mol. The number of nitrogens with one attached hydrogen (secondary N) is 2. The van der Waals surface area contributed by atoms with Gasteiger partial charge in [-0.3, -0.25) is 0 Å². The van der Waals surface area contributed by atoms with Crippen molar-refractivity contribution in [3.63, 3.8) is 0 Å². The zero-order valence-corrected chi connectivity index (χ0v) is 11.2. The Balaban J connectivity index is 1.77. The minimum absolute atomic E-state index is 0.0930. The second kappa shape index (κ2) is 6.31. The molecule has 0 spiro atoms. The Morgan fingerprint density at radius 2 is 2.10 bits per heavy atom. The molecular formula is C15H18N2O3. The molecule has 5 heteroatoms. The lowest BCUT2D eigenvalue weighted by molar-refractivity contribution is 0.206. The molecule has 20 heavy (non-hydrogen) atoms. The molecule has 0 heterocycles. The van der Waals surface area contributed by atoms with Crippen LogP contribution in [-0.4, -0.2) is 30.9 Å².